The van der Waals surface area contributed by atoms with Crippen LogP contribution < -0.4 is 16.4 Å². The predicted octanol–water partition coefficient (Wildman–Crippen LogP) is -0.302. The van der Waals surface area contributed by atoms with Crippen molar-refractivity contribution >= 4 is 17.0 Å². The quantitative estimate of drug-likeness (QED) is 0.807. The number of hydrogen-bond acceptors (Lipinski definition) is 5. The van der Waals surface area contributed by atoms with Crippen molar-refractivity contribution < 1.29 is 13.9 Å². The summed E-state index contributed by atoms with van der Waals surface area (Å²) in [7, 11) is 1.62. The summed E-state index contributed by atoms with van der Waals surface area (Å²) in [5, 5.41) is 6.03. The Labute approximate surface area is 120 Å². The van der Waals surface area contributed by atoms with Crippen LogP contribution in [0.2, 0.25) is 0 Å². The van der Waals surface area contributed by atoms with Crippen LogP contribution in [-0.4, -0.2) is 42.8 Å². The van der Waals surface area contributed by atoms with Gasteiger partial charge in [0.15, 0.2) is 5.58 Å². The SMILES string of the molecule is CO[C@H]1CNC[C@H]1NC(=O)Cn1c(=O)oc2ccccc21. The average molecular weight is 291 g/mol. The highest BCUT2D eigenvalue weighted by atomic mass is 16.5. The van der Waals surface area contributed by atoms with Gasteiger partial charge < -0.3 is 19.8 Å². The Morgan fingerprint density at radius 3 is 3.10 bits per heavy atom. The number of benzene rings is 1. The van der Waals surface area contributed by atoms with E-state index in [4.69, 9.17) is 9.15 Å². The molecule has 1 aromatic carbocycles. The Hall–Kier alpha value is -2.12. The van der Waals surface area contributed by atoms with Crippen LogP contribution in [-0.2, 0) is 16.1 Å². The molecule has 1 fully saturated rings. The molecular weight excluding hydrogens is 274 g/mol. The van der Waals surface area contributed by atoms with Crippen LogP contribution in [0.5, 0.6) is 0 Å². The number of para-hydroxylation sites is 2. The van der Waals surface area contributed by atoms with E-state index in [0.717, 1.165) is 0 Å². The summed E-state index contributed by atoms with van der Waals surface area (Å²) >= 11 is 0. The van der Waals surface area contributed by atoms with Gasteiger partial charge in [-0.2, -0.15) is 0 Å². The van der Waals surface area contributed by atoms with Crippen molar-refractivity contribution in [3.05, 3.63) is 34.8 Å². The molecule has 1 saturated heterocycles. The first-order valence-electron chi connectivity index (χ1n) is 6.80. The number of hydrogen-bond donors (Lipinski definition) is 2. The second-order valence-corrected chi connectivity index (χ2v) is 5.03. The average Bonchev–Trinajstić information content (AvgIpc) is 3.04. The molecule has 7 nitrogen and oxygen atoms in total. The number of carbonyl (C=O) groups is 1. The Balaban J connectivity index is 1.75. The molecular formula is C14H17N3O4. The van der Waals surface area contributed by atoms with Crippen molar-refractivity contribution in [1.82, 2.24) is 15.2 Å². The zero-order valence-electron chi connectivity index (χ0n) is 11.7. The summed E-state index contributed by atoms with van der Waals surface area (Å²) < 4.78 is 11.7. The minimum Gasteiger partial charge on any atom is -0.408 e. The Morgan fingerprint density at radius 2 is 2.29 bits per heavy atom. The number of nitrogens with one attached hydrogen (secondary N) is 2. The molecule has 0 unspecified atom stereocenters. The zero-order chi connectivity index (χ0) is 14.8. The maximum absolute atomic E-state index is 12.1. The first-order valence-corrected chi connectivity index (χ1v) is 6.80. The van der Waals surface area contributed by atoms with Gasteiger partial charge in [-0.3, -0.25) is 9.36 Å². The number of amides is 1. The molecule has 0 aliphatic carbocycles. The first-order chi connectivity index (χ1) is 10.2. The van der Waals surface area contributed by atoms with E-state index < -0.39 is 5.76 Å². The molecule has 112 valence electrons. The summed E-state index contributed by atoms with van der Waals surface area (Å²) in [6.07, 6.45) is -0.0493. The predicted molar refractivity (Wildman–Crippen MR) is 76.1 cm³/mol. The summed E-state index contributed by atoms with van der Waals surface area (Å²) in [6, 6.07) is 6.95. The highest BCUT2D eigenvalue weighted by Gasteiger charge is 2.28. The van der Waals surface area contributed by atoms with Crippen molar-refractivity contribution in [3.8, 4) is 0 Å². The lowest BCUT2D eigenvalue weighted by molar-refractivity contribution is -0.123. The van der Waals surface area contributed by atoms with Crippen molar-refractivity contribution in [1.29, 1.82) is 0 Å². The van der Waals surface area contributed by atoms with Crippen LogP contribution in [0.1, 0.15) is 0 Å². The maximum atomic E-state index is 12.1. The van der Waals surface area contributed by atoms with Gasteiger partial charge in [-0.1, -0.05) is 12.1 Å². The van der Waals surface area contributed by atoms with Crippen molar-refractivity contribution in [2.24, 2.45) is 0 Å². The van der Waals surface area contributed by atoms with Crippen LogP contribution in [0.25, 0.3) is 11.1 Å². The van der Waals surface area contributed by atoms with E-state index in [2.05, 4.69) is 10.6 Å². The molecule has 2 N–H and O–H groups in total. The fraction of sp³-hybridized carbons (Fsp3) is 0.429. The molecule has 0 bridgehead atoms. The van der Waals surface area contributed by atoms with Crippen molar-refractivity contribution in [3.63, 3.8) is 0 Å². The summed E-state index contributed by atoms with van der Waals surface area (Å²) in [4.78, 5) is 23.9. The minimum atomic E-state index is -0.529. The molecule has 2 heterocycles. The highest BCUT2D eigenvalue weighted by Crippen LogP contribution is 2.11. The lowest BCUT2D eigenvalue weighted by Crippen LogP contribution is -2.45. The standard InChI is InChI=1S/C14H17N3O4/c1-20-12-7-15-6-9(12)16-13(18)8-17-10-4-2-3-5-11(10)21-14(17)19/h2-5,9,12,15H,6-8H2,1H3,(H,16,18)/t9-,12+/m1/s1. The van der Waals surface area contributed by atoms with Gasteiger partial charge in [-0.25, -0.2) is 4.79 Å². The van der Waals surface area contributed by atoms with Gasteiger partial charge in [-0.15, -0.1) is 0 Å². The number of methoxy groups -OCH3 is 1. The van der Waals surface area contributed by atoms with Gasteiger partial charge >= 0.3 is 5.76 Å². The lowest BCUT2D eigenvalue weighted by atomic mass is 10.2. The van der Waals surface area contributed by atoms with E-state index >= 15 is 0 Å². The summed E-state index contributed by atoms with van der Waals surface area (Å²) in [6.45, 7) is 1.30. The second-order valence-electron chi connectivity index (χ2n) is 5.03. The Bertz CT molecular complexity index is 706. The third-order valence-electron chi connectivity index (χ3n) is 3.68. The molecule has 3 rings (SSSR count). The van der Waals surface area contributed by atoms with Crippen LogP contribution in [0.3, 0.4) is 0 Å². The largest absolute Gasteiger partial charge is 0.420 e. The Kier molecular flexibility index (Phi) is 3.76. The normalized spacial score (nSPS) is 21.8. The maximum Gasteiger partial charge on any atom is 0.420 e. The monoisotopic (exact) mass is 291 g/mol. The lowest BCUT2D eigenvalue weighted by Gasteiger charge is -2.18. The fourth-order valence-electron chi connectivity index (χ4n) is 2.61. The van der Waals surface area contributed by atoms with Crippen molar-refractivity contribution in [2.75, 3.05) is 20.2 Å². The van der Waals surface area contributed by atoms with Crippen LogP contribution in [0.4, 0.5) is 0 Å². The molecule has 0 saturated carbocycles. The van der Waals surface area contributed by atoms with E-state index in [0.29, 0.717) is 24.2 Å². The molecule has 7 heteroatoms. The van der Waals surface area contributed by atoms with Gasteiger partial charge in [0.05, 0.1) is 17.7 Å². The third-order valence-corrected chi connectivity index (χ3v) is 3.68. The van der Waals surface area contributed by atoms with E-state index in [9.17, 15) is 9.59 Å². The number of aromatic nitrogens is 1. The summed E-state index contributed by atoms with van der Waals surface area (Å²) in [5.74, 6) is -0.765. The number of carbonyl (C=O) groups excluding carboxylic acids is 1. The molecule has 0 spiro atoms. The van der Waals surface area contributed by atoms with Gasteiger partial charge in [0.2, 0.25) is 5.91 Å². The van der Waals surface area contributed by atoms with Crippen molar-refractivity contribution in [2.45, 2.75) is 18.7 Å². The Morgan fingerprint density at radius 1 is 1.48 bits per heavy atom. The third kappa shape index (κ3) is 2.70. The van der Waals surface area contributed by atoms with E-state index in [1.54, 1.807) is 31.4 Å². The first kappa shape index (κ1) is 13.8. The number of ether oxygens (including phenoxy) is 1. The van der Waals surface area contributed by atoms with Gasteiger partial charge in [0.25, 0.3) is 0 Å². The number of nitrogens with zero attached hydrogens (tertiary/aromatic N) is 1. The van der Waals surface area contributed by atoms with Crippen LogP contribution >= 0.6 is 0 Å². The molecule has 2 atom stereocenters. The van der Waals surface area contributed by atoms with E-state index in [1.165, 1.54) is 4.57 Å². The minimum absolute atomic E-state index is 0.0493. The van der Waals surface area contributed by atoms with Gasteiger partial charge in [0.1, 0.15) is 6.54 Å². The zero-order valence-corrected chi connectivity index (χ0v) is 11.7. The highest BCUT2D eigenvalue weighted by molar-refractivity contribution is 5.79. The molecule has 0 radical (unpaired) electrons. The fourth-order valence-corrected chi connectivity index (χ4v) is 2.61. The summed E-state index contributed by atoms with van der Waals surface area (Å²) in [5.41, 5.74) is 1.10. The molecule has 1 aromatic heterocycles. The van der Waals surface area contributed by atoms with E-state index in [1.807, 2.05) is 0 Å². The smallest absolute Gasteiger partial charge is 0.408 e. The molecule has 1 aliphatic heterocycles. The van der Waals surface area contributed by atoms with Gasteiger partial charge in [0, 0.05) is 20.2 Å². The number of rotatable bonds is 4. The van der Waals surface area contributed by atoms with E-state index in [-0.39, 0.29) is 24.6 Å². The van der Waals surface area contributed by atoms with Crippen LogP contribution in [0, 0.1) is 0 Å². The van der Waals surface area contributed by atoms with Crippen LogP contribution in [0.15, 0.2) is 33.5 Å². The molecule has 2 aromatic rings. The van der Waals surface area contributed by atoms with Gasteiger partial charge in [-0.05, 0) is 12.1 Å². The molecule has 1 aliphatic rings. The molecule has 1 amide bonds. The second kappa shape index (κ2) is 5.71. The number of oxazole rings is 1. The topological polar surface area (TPSA) is 85.5 Å². The number of fused-ring (bicyclic) bond motifs is 1. The molecule has 21 heavy (non-hydrogen) atoms.